The molecule has 7 heteroatoms. The molecule has 1 atom stereocenters. The molecule has 4 N–H and O–H groups in total. The van der Waals surface area contributed by atoms with Gasteiger partial charge in [0.05, 0.1) is 12.5 Å². The number of methoxy groups -OCH3 is 1. The van der Waals surface area contributed by atoms with Gasteiger partial charge >= 0.3 is 6.03 Å². The van der Waals surface area contributed by atoms with E-state index in [1.165, 1.54) is 19.3 Å². The maximum absolute atomic E-state index is 12.2. The standard InChI is InChI=1S/C17H32N4O3/c1-24-15(12-18)11-16(22)21-9-7-14(8-10-21)20-17(23)19-13-5-3-2-4-6-13/h13-15H,2-12,18H2,1H3,(H2,19,20,23). The summed E-state index contributed by atoms with van der Waals surface area (Å²) < 4.78 is 5.17. The van der Waals surface area contributed by atoms with Crippen molar-refractivity contribution in [3.8, 4) is 0 Å². The molecule has 24 heavy (non-hydrogen) atoms. The van der Waals surface area contributed by atoms with Crippen LogP contribution in [0.3, 0.4) is 0 Å². The first-order valence-electron chi connectivity index (χ1n) is 9.20. The Balaban J connectivity index is 1.66. The zero-order chi connectivity index (χ0) is 17.4. The zero-order valence-electron chi connectivity index (χ0n) is 14.8. The predicted molar refractivity (Wildman–Crippen MR) is 92.6 cm³/mol. The number of urea groups is 1. The van der Waals surface area contributed by atoms with Crippen molar-refractivity contribution in [3.63, 3.8) is 0 Å². The van der Waals surface area contributed by atoms with Gasteiger partial charge in [-0.1, -0.05) is 19.3 Å². The highest BCUT2D eigenvalue weighted by Gasteiger charge is 2.26. The maximum Gasteiger partial charge on any atom is 0.315 e. The lowest BCUT2D eigenvalue weighted by molar-refractivity contribution is -0.134. The first-order chi connectivity index (χ1) is 11.6. The van der Waals surface area contributed by atoms with Gasteiger partial charge in [-0.05, 0) is 25.7 Å². The summed E-state index contributed by atoms with van der Waals surface area (Å²) >= 11 is 0. The summed E-state index contributed by atoms with van der Waals surface area (Å²) in [5.74, 6) is 0.0809. The van der Waals surface area contributed by atoms with Crippen LogP contribution in [0.5, 0.6) is 0 Å². The molecule has 0 aromatic rings. The van der Waals surface area contributed by atoms with E-state index in [4.69, 9.17) is 10.5 Å². The Morgan fingerprint density at radius 1 is 1.08 bits per heavy atom. The molecule has 7 nitrogen and oxygen atoms in total. The van der Waals surface area contributed by atoms with E-state index >= 15 is 0 Å². The van der Waals surface area contributed by atoms with Gasteiger partial charge in [-0.3, -0.25) is 4.79 Å². The number of amides is 3. The van der Waals surface area contributed by atoms with Crippen LogP contribution in [0.1, 0.15) is 51.4 Å². The number of nitrogens with two attached hydrogens (primary N) is 1. The molecule has 0 spiro atoms. The summed E-state index contributed by atoms with van der Waals surface area (Å²) in [4.78, 5) is 26.1. The third kappa shape index (κ3) is 5.94. The van der Waals surface area contributed by atoms with Crippen molar-refractivity contribution in [1.82, 2.24) is 15.5 Å². The number of carbonyl (C=O) groups is 2. The molecule has 3 amide bonds. The van der Waals surface area contributed by atoms with Crippen molar-refractivity contribution in [2.75, 3.05) is 26.7 Å². The normalized spacial score (nSPS) is 21.3. The van der Waals surface area contributed by atoms with Gasteiger partial charge in [0.2, 0.25) is 5.91 Å². The average Bonchev–Trinajstić information content (AvgIpc) is 2.60. The fraction of sp³-hybridized carbons (Fsp3) is 0.882. The minimum atomic E-state index is -0.213. The van der Waals surface area contributed by atoms with Gasteiger partial charge < -0.3 is 26.0 Å². The molecule has 1 aliphatic carbocycles. The lowest BCUT2D eigenvalue weighted by Gasteiger charge is -2.33. The minimum Gasteiger partial charge on any atom is -0.380 e. The van der Waals surface area contributed by atoms with Crippen LogP contribution in [-0.2, 0) is 9.53 Å². The Hall–Kier alpha value is -1.34. The summed E-state index contributed by atoms with van der Waals surface area (Å²) in [5, 5.41) is 6.14. The van der Waals surface area contributed by atoms with Gasteiger partial charge in [0.25, 0.3) is 0 Å². The van der Waals surface area contributed by atoms with Gasteiger partial charge in [-0.25, -0.2) is 4.79 Å². The SMILES string of the molecule is COC(CN)CC(=O)N1CCC(NC(=O)NC2CCCCC2)CC1. The number of likely N-dealkylation sites (tertiary alicyclic amines) is 1. The van der Waals surface area contributed by atoms with Crippen molar-refractivity contribution in [1.29, 1.82) is 0 Å². The highest BCUT2D eigenvalue weighted by molar-refractivity contribution is 5.77. The number of hydrogen-bond donors (Lipinski definition) is 3. The van der Waals surface area contributed by atoms with E-state index in [0.29, 0.717) is 32.1 Å². The van der Waals surface area contributed by atoms with Crippen LogP contribution in [0.15, 0.2) is 0 Å². The zero-order valence-corrected chi connectivity index (χ0v) is 14.8. The molecular weight excluding hydrogens is 308 g/mol. The van der Waals surface area contributed by atoms with Gasteiger partial charge in [0.1, 0.15) is 0 Å². The molecule has 2 fully saturated rings. The van der Waals surface area contributed by atoms with Crippen LogP contribution >= 0.6 is 0 Å². The molecule has 138 valence electrons. The molecule has 2 rings (SSSR count). The van der Waals surface area contributed by atoms with E-state index < -0.39 is 0 Å². The summed E-state index contributed by atoms with van der Waals surface area (Å²) in [5.41, 5.74) is 5.56. The lowest BCUT2D eigenvalue weighted by atomic mass is 9.96. The molecule has 0 bridgehead atoms. The smallest absolute Gasteiger partial charge is 0.315 e. The van der Waals surface area contributed by atoms with Crippen molar-refractivity contribution in [2.24, 2.45) is 5.73 Å². The van der Waals surface area contributed by atoms with Gasteiger partial charge in [-0.2, -0.15) is 0 Å². The Morgan fingerprint density at radius 3 is 2.21 bits per heavy atom. The number of ether oxygens (including phenoxy) is 1. The largest absolute Gasteiger partial charge is 0.380 e. The van der Waals surface area contributed by atoms with Crippen molar-refractivity contribution in [3.05, 3.63) is 0 Å². The van der Waals surface area contributed by atoms with Crippen molar-refractivity contribution < 1.29 is 14.3 Å². The number of nitrogens with zero attached hydrogens (tertiary/aromatic N) is 1. The number of nitrogens with one attached hydrogen (secondary N) is 2. The van der Waals surface area contributed by atoms with E-state index in [1.54, 1.807) is 7.11 Å². The predicted octanol–water partition coefficient (Wildman–Crippen LogP) is 0.973. The first kappa shape index (κ1) is 19.0. The molecule has 0 aromatic heterocycles. The Kier molecular flexibility index (Phi) is 7.78. The van der Waals surface area contributed by atoms with E-state index in [0.717, 1.165) is 25.7 Å². The quantitative estimate of drug-likeness (QED) is 0.671. The van der Waals surface area contributed by atoms with Crippen LogP contribution in [0.2, 0.25) is 0 Å². The molecule has 1 heterocycles. The van der Waals surface area contributed by atoms with Gasteiger partial charge in [0.15, 0.2) is 0 Å². The molecule has 2 aliphatic rings. The van der Waals surface area contributed by atoms with E-state index in [1.807, 2.05) is 4.90 Å². The second-order valence-corrected chi connectivity index (χ2v) is 6.91. The highest BCUT2D eigenvalue weighted by Crippen LogP contribution is 2.17. The fourth-order valence-electron chi connectivity index (χ4n) is 3.52. The van der Waals surface area contributed by atoms with E-state index in [2.05, 4.69) is 10.6 Å². The minimum absolute atomic E-state index is 0.0609. The second kappa shape index (κ2) is 9.84. The van der Waals surface area contributed by atoms with Crippen molar-refractivity contribution >= 4 is 11.9 Å². The summed E-state index contributed by atoms with van der Waals surface area (Å²) in [6.45, 7) is 1.70. The van der Waals surface area contributed by atoms with Gasteiger partial charge in [0, 0.05) is 38.8 Å². The van der Waals surface area contributed by atoms with Crippen molar-refractivity contribution in [2.45, 2.75) is 69.6 Å². The molecule has 1 saturated heterocycles. The number of carbonyl (C=O) groups excluding carboxylic acids is 2. The molecular formula is C17H32N4O3. The van der Waals surface area contributed by atoms with E-state index in [9.17, 15) is 9.59 Å². The Labute approximate surface area is 144 Å². The van der Waals surface area contributed by atoms with Crippen LogP contribution in [0.4, 0.5) is 4.79 Å². The van der Waals surface area contributed by atoms with Crippen LogP contribution < -0.4 is 16.4 Å². The molecule has 0 aromatic carbocycles. The van der Waals surface area contributed by atoms with Crippen LogP contribution in [0, 0.1) is 0 Å². The molecule has 0 radical (unpaired) electrons. The van der Waals surface area contributed by atoms with Crippen LogP contribution in [-0.4, -0.2) is 61.8 Å². The highest BCUT2D eigenvalue weighted by atomic mass is 16.5. The Morgan fingerprint density at radius 2 is 1.67 bits per heavy atom. The fourth-order valence-corrected chi connectivity index (χ4v) is 3.52. The molecule has 1 saturated carbocycles. The third-order valence-corrected chi connectivity index (χ3v) is 5.12. The Bertz CT molecular complexity index is 401. The molecule has 1 unspecified atom stereocenters. The number of hydrogen-bond acceptors (Lipinski definition) is 4. The average molecular weight is 340 g/mol. The first-order valence-corrected chi connectivity index (χ1v) is 9.20. The monoisotopic (exact) mass is 340 g/mol. The lowest BCUT2D eigenvalue weighted by Crippen LogP contribution is -2.51. The van der Waals surface area contributed by atoms with E-state index in [-0.39, 0.29) is 24.1 Å². The molecule has 1 aliphatic heterocycles. The third-order valence-electron chi connectivity index (χ3n) is 5.12. The summed E-state index contributed by atoms with van der Waals surface area (Å²) in [7, 11) is 1.58. The topological polar surface area (TPSA) is 96.7 Å². The number of piperidine rings is 1. The maximum atomic E-state index is 12.2. The van der Waals surface area contributed by atoms with Gasteiger partial charge in [-0.15, -0.1) is 0 Å². The summed E-state index contributed by atoms with van der Waals surface area (Å²) in [6.07, 6.45) is 7.56. The number of rotatable bonds is 6. The summed E-state index contributed by atoms with van der Waals surface area (Å²) in [6, 6.07) is 0.405. The van der Waals surface area contributed by atoms with Crippen LogP contribution in [0.25, 0.3) is 0 Å². The second-order valence-electron chi connectivity index (χ2n) is 6.91.